The minimum Gasteiger partial charge on any atom is -0.462 e. The van der Waals surface area contributed by atoms with E-state index in [0.717, 1.165) is 95.5 Å². The number of allylic oxidation sites excluding steroid dienone is 4. The zero-order valence-electron chi connectivity index (χ0n) is 44.2. The first-order chi connectivity index (χ1) is 35.2. The molecule has 0 saturated carbocycles. The van der Waals surface area contributed by atoms with E-state index >= 15 is 0 Å². The second-order valence-electron chi connectivity index (χ2n) is 20.3. The van der Waals surface area contributed by atoms with E-state index in [9.17, 15) is 14.4 Å². The number of benzene rings is 3. The highest BCUT2D eigenvalue weighted by Gasteiger charge is 2.54. The molecule has 3 aromatic rings. The Bertz CT molecular complexity index is 1970. The number of rotatable bonds is 36. The summed E-state index contributed by atoms with van der Waals surface area (Å²) in [7, 11) is 0. The van der Waals surface area contributed by atoms with E-state index in [1.165, 1.54) is 49.7 Å². The number of nitrogens with one attached hydrogen (secondary N) is 1. The van der Waals surface area contributed by atoms with Crippen molar-refractivity contribution in [1.82, 2.24) is 5.32 Å². The average molecular weight is 992 g/mol. The third-order valence-corrected chi connectivity index (χ3v) is 13.6. The van der Waals surface area contributed by atoms with Crippen LogP contribution in [-0.2, 0) is 62.3 Å². The quantitative estimate of drug-likeness (QED) is 0.0345. The predicted octanol–water partition coefficient (Wildman–Crippen LogP) is 14.0. The molecule has 2 saturated heterocycles. The number of unbranched alkanes of at least 4 members (excludes halogenated alkanes) is 14. The molecule has 10 nitrogen and oxygen atoms in total. The maximum Gasteiger partial charge on any atom is 0.306 e. The molecule has 2 aliphatic heterocycles. The molecular formula is C62H89NO9. The van der Waals surface area contributed by atoms with Gasteiger partial charge in [0.25, 0.3) is 0 Å². The summed E-state index contributed by atoms with van der Waals surface area (Å²) in [5.41, 5.74) is 3.61. The molecule has 0 aromatic heterocycles. The van der Waals surface area contributed by atoms with Gasteiger partial charge in [-0.3, -0.25) is 14.4 Å². The van der Waals surface area contributed by atoms with Gasteiger partial charge in [0.15, 0.2) is 18.2 Å². The van der Waals surface area contributed by atoms with E-state index in [0.29, 0.717) is 19.3 Å². The van der Waals surface area contributed by atoms with Crippen molar-refractivity contribution in [3.8, 4) is 0 Å². The number of carbonyl (C=O) groups excluding carboxylic acids is 3. The van der Waals surface area contributed by atoms with Crippen LogP contribution in [0, 0.1) is 0 Å². The first-order valence-electron chi connectivity index (χ1n) is 27.9. The van der Waals surface area contributed by atoms with Crippen LogP contribution in [-0.4, -0.2) is 67.0 Å². The van der Waals surface area contributed by atoms with E-state index in [-0.39, 0.29) is 43.9 Å². The largest absolute Gasteiger partial charge is 0.462 e. The number of amides is 1. The van der Waals surface area contributed by atoms with Crippen LogP contribution in [0.15, 0.2) is 115 Å². The fourth-order valence-electron chi connectivity index (χ4n) is 9.48. The number of esters is 2. The Morgan fingerprint density at radius 1 is 0.639 bits per heavy atom. The summed E-state index contributed by atoms with van der Waals surface area (Å²) in [4.78, 5) is 41.6. The van der Waals surface area contributed by atoms with Crippen molar-refractivity contribution >= 4 is 17.8 Å². The highest BCUT2D eigenvalue weighted by Crippen LogP contribution is 2.35. The second kappa shape index (κ2) is 34.7. The maximum absolute atomic E-state index is 14.4. The van der Waals surface area contributed by atoms with E-state index in [1.807, 2.05) is 56.3 Å². The Morgan fingerprint density at radius 3 is 1.74 bits per heavy atom. The summed E-state index contributed by atoms with van der Waals surface area (Å²) in [5.74, 6) is -1.97. The molecule has 2 fully saturated rings. The molecule has 396 valence electrons. The van der Waals surface area contributed by atoms with Crippen molar-refractivity contribution < 1.29 is 42.8 Å². The van der Waals surface area contributed by atoms with E-state index in [1.54, 1.807) is 0 Å². The molecule has 72 heavy (non-hydrogen) atoms. The summed E-state index contributed by atoms with van der Waals surface area (Å²) in [6.45, 7) is 6.27. The van der Waals surface area contributed by atoms with Gasteiger partial charge in [0.05, 0.1) is 19.6 Å². The zero-order chi connectivity index (χ0) is 50.9. The third kappa shape index (κ3) is 24.0. The molecule has 0 aliphatic carbocycles. The van der Waals surface area contributed by atoms with Gasteiger partial charge in [-0.15, -0.1) is 0 Å². The van der Waals surface area contributed by atoms with Crippen LogP contribution in [0.1, 0.15) is 185 Å². The molecule has 3 aromatic carbocycles. The highest BCUT2D eigenvalue weighted by atomic mass is 16.8. The molecular weight excluding hydrogens is 903 g/mol. The molecule has 0 unspecified atom stereocenters. The van der Waals surface area contributed by atoms with Crippen LogP contribution in [0.2, 0.25) is 0 Å². The number of hydrogen-bond acceptors (Lipinski definition) is 9. The Morgan fingerprint density at radius 2 is 1.15 bits per heavy atom. The molecule has 2 heterocycles. The number of fused-ring (bicyclic) bond motifs is 1. The monoisotopic (exact) mass is 992 g/mol. The van der Waals surface area contributed by atoms with Gasteiger partial charge in [-0.05, 0) is 108 Å². The fraction of sp³-hybridized carbons (Fsp3) is 0.597. The zero-order valence-corrected chi connectivity index (χ0v) is 44.2. The standard InChI is InChI=1S/C62H89NO9/c1-4-5-6-7-8-9-14-19-33-44-53(69-56(65)45-34-20-15-10-12-17-25-36-50-38-27-22-28-39-50)47-55(64)63-58-60(71-57(66)46-35-21-16-11-13-18-26-37-51-40-29-23-30-41-51)59-54(49-68-62(2,3)72-59)70-61(58)67-48-52-42-31-24-32-43-52/h12-13,17-18,22-24,27-32,38-43,53-54,58-61H,4-11,14-16,19-21,25-26,33-37,44-49H2,1-3H3,(H,63,64)/b17-12-,18-13-/t53-,54+,58+,59+,60+,61+/m0/s1. The lowest BCUT2D eigenvalue weighted by Gasteiger charge is -2.50. The Balaban J connectivity index is 1.19. The normalized spacial score (nSPS) is 20.0. The van der Waals surface area contributed by atoms with Crippen LogP contribution in [0.25, 0.3) is 0 Å². The van der Waals surface area contributed by atoms with Gasteiger partial charge in [-0.2, -0.15) is 0 Å². The summed E-state index contributed by atoms with van der Waals surface area (Å²) < 4.78 is 38.0. The number of hydrogen-bond donors (Lipinski definition) is 1. The van der Waals surface area contributed by atoms with Gasteiger partial charge in [0.2, 0.25) is 5.91 Å². The first kappa shape index (κ1) is 58.3. The van der Waals surface area contributed by atoms with E-state index < -0.39 is 42.5 Å². The van der Waals surface area contributed by atoms with Crippen molar-refractivity contribution in [2.45, 2.75) is 230 Å². The van der Waals surface area contributed by atoms with E-state index in [4.69, 9.17) is 28.4 Å². The van der Waals surface area contributed by atoms with Crippen LogP contribution in [0.4, 0.5) is 0 Å². The minimum absolute atomic E-state index is 0.0383. The van der Waals surface area contributed by atoms with Gasteiger partial charge >= 0.3 is 11.9 Å². The van der Waals surface area contributed by atoms with Crippen molar-refractivity contribution in [3.63, 3.8) is 0 Å². The van der Waals surface area contributed by atoms with E-state index in [2.05, 4.69) is 85.1 Å². The molecule has 1 amide bonds. The average Bonchev–Trinajstić information content (AvgIpc) is 3.38. The van der Waals surface area contributed by atoms with Gasteiger partial charge in [0, 0.05) is 12.8 Å². The Kier molecular flexibility index (Phi) is 28.1. The smallest absolute Gasteiger partial charge is 0.306 e. The number of carbonyl (C=O) groups is 3. The summed E-state index contributed by atoms with van der Waals surface area (Å²) in [6, 6.07) is 29.9. The topological polar surface area (TPSA) is 119 Å². The van der Waals surface area contributed by atoms with Crippen molar-refractivity contribution in [1.29, 1.82) is 0 Å². The van der Waals surface area contributed by atoms with Crippen LogP contribution >= 0.6 is 0 Å². The third-order valence-electron chi connectivity index (χ3n) is 13.6. The van der Waals surface area contributed by atoms with Gasteiger partial charge < -0.3 is 33.7 Å². The summed E-state index contributed by atoms with van der Waals surface area (Å²) in [6.07, 6.45) is 27.8. The molecule has 10 heteroatoms. The Hall–Kier alpha value is -4.61. The first-order valence-corrected chi connectivity index (χ1v) is 27.9. The van der Waals surface area contributed by atoms with Crippen LogP contribution in [0.3, 0.4) is 0 Å². The Labute approximate surface area is 433 Å². The lowest BCUT2D eigenvalue weighted by molar-refractivity contribution is -0.370. The minimum atomic E-state index is -0.993. The lowest BCUT2D eigenvalue weighted by atomic mass is 9.94. The number of ether oxygens (including phenoxy) is 6. The van der Waals surface area contributed by atoms with Crippen molar-refractivity contribution in [3.05, 3.63) is 132 Å². The predicted molar refractivity (Wildman–Crippen MR) is 287 cm³/mol. The van der Waals surface area contributed by atoms with Gasteiger partial charge in [-0.1, -0.05) is 186 Å². The summed E-state index contributed by atoms with van der Waals surface area (Å²) in [5, 5.41) is 3.17. The van der Waals surface area contributed by atoms with Crippen LogP contribution in [0.5, 0.6) is 0 Å². The van der Waals surface area contributed by atoms with Crippen molar-refractivity contribution in [2.75, 3.05) is 6.61 Å². The van der Waals surface area contributed by atoms with Crippen molar-refractivity contribution in [2.24, 2.45) is 0 Å². The SMILES string of the molecule is CCCCCCCCCCC[C@@H](CC(=O)N[C@H]1[C@H](OCc2ccccc2)O[C@@H]2COC(C)(C)O[C@H]2[C@@H]1OC(=O)CCCCC/C=C\CCc1ccccc1)OC(=O)CCCCC/C=C\CCc1ccccc1. The van der Waals surface area contributed by atoms with Crippen LogP contribution < -0.4 is 5.32 Å². The molecule has 0 spiro atoms. The molecule has 6 atom stereocenters. The fourth-order valence-corrected chi connectivity index (χ4v) is 9.48. The summed E-state index contributed by atoms with van der Waals surface area (Å²) >= 11 is 0. The number of aryl methyl sites for hydroxylation is 2. The maximum atomic E-state index is 14.4. The molecule has 0 bridgehead atoms. The molecule has 1 N–H and O–H groups in total. The van der Waals surface area contributed by atoms with Gasteiger partial charge in [-0.25, -0.2) is 0 Å². The van der Waals surface area contributed by atoms with Gasteiger partial charge in [0.1, 0.15) is 24.4 Å². The second-order valence-corrected chi connectivity index (χ2v) is 20.3. The lowest BCUT2D eigenvalue weighted by Crippen LogP contribution is -2.69. The molecule has 2 aliphatic rings. The molecule has 0 radical (unpaired) electrons. The highest BCUT2D eigenvalue weighted by molar-refractivity contribution is 5.78. The molecule has 5 rings (SSSR count).